The first-order chi connectivity index (χ1) is 56.1. The average molecular weight is 1480 g/mol. The molecule has 3 aliphatic rings. The minimum Gasteiger partial charge on any atom is -0.310 e. The highest BCUT2D eigenvalue weighted by molar-refractivity contribution is 5.95. The highest BCUT2D eigenvalue weighted by Crippen LogP contribution is 2.62. The fraction of sp³-hybridized carbons (Fsp3) is 0.115. The molecule has 0 heterocycles. The largest absolute Gasteiger partial charge is 0.310 e. The van der Waals surface area contributed by atoms with Gasteiger partial charge in [0.15, 0.2) is 0 Å². The molecular formula is C113H92N2. The van der Waals surface area contributed by atoms with Crippen molar-refractivity contribution in [2.24, 2.45) is 0 Å². The Morgan fingerprint density at radius 3 is 0.852 bits per heavy atom. The average Bonchev–Trinajstić information content (AvgIpc) is 1.55. The van der Waals surface area contributed by atoms with Crippen molar-refractivity contribution < 1.29 is 0 Å². The number of hydrogen-bond acceptors (Lipinski definition) is 2. The van der Waals surface area contributed by atoms with Crippen LogP contribution < -0.4 is 9.80 Å². The summed E-state index contributed by atoms with van der Waals surface area (Å²) in [6.45, 7) is 22.2. The molecule has 0 amide bonds. The summed E-state index contributed by atoms with van der Waals surface area (Å²) in [5.74, 6) is 0. The Kier molecular flexibility index (Phi) is 17.9. The highest BCUT2D eigenvalue weighted by atomic mass is 15.1. The normalized spacial score (nSPS) is 15.3. The quantitative estimate of drug-likeness (QED) is 0.0845. The van der Waals surface area contributed by atoms with Gasteiger partial charge in [-0.1, -0.05) is 382 Å². The second kappa shape index (κ2) is 28.7. The minimum absolute atomic E-state index is 0.0258. The summed E-state index contributed by atoms with van der Waals surface area (Å²) >= 11 is 0. The van der Waals surface area contributed by atoms with Gasteiger partial charge in [-0.25, -0.2) is 0 Å². The maximum absolute atomic E-state index is 4.15. The van der Waals surface area contributed by atoms with Gasteiger partial charge in [0, 0.05) is 34.1 Å². The third kappa shape index (κ3) is 12.2. The fourth-order valence-corrected chi connectivity index (χ4v) is 19.4. The van der Waals surface area contributed by atoms with E-state index in [4.69, 9.17) is 0 Å². The second-order valence-corrected chi connectivity index (χ2v) is 33.7. The van der Waals surface area contributed by atoms with Gasteiger partial charge in [-0.2, -0.15) is 0 Å². The molecule has 2 heteroatoms. The van der Waals surface area contributed by atoms with Gasteiger partial charge in [0.1, 0.15) is 0 Å². The predicted molar refractivity (Wildman–Crippen MR) is 485 cm³/mol. The van der Waals surface area contributed by atoms with E-state index >= 15 is 0 Å². The number of hydrogen-bond donors (Lipinski definition) is 0. The maximum Gasteiger partial charge on any atom is 0.0715 e. The first-order valence-electron chi connectivity index (χ1n) is 40.6. The van der Waals surface area contributed by atoms with Gasteiger partial charge >= 0.3 is 0 Å². The minimum atomic E-state index is -0.824. The number of fused-ring (bicyclic) bond motifs is 9. The van der Waals surface area contributed by atoms with Gasteiger partial charge in [0.05, 0.1) is 16.2 Å². The van der Waals surface area contributed by atoms with Gasteiger partial charge in [0.25, 0.3) is 0 Å². The summed E-state index contributed by atoms with van der Waals surface area (Å²) < 4.78 is 0. The molecular weight excluding hydrogens is 1390 g/mol. The van der Waals surface area contributed by atoms with Crippen LogP contribution >= 0.6 is 0 Å². The summed E-state index contributed by atoms with van der Waals surface area (Å²) in [4.78, 5) is 5.06. The Morgan fingerprint density at radius 2 is 0.522 bits per heavy atom. The lowest BCUT2D eigenvalue weighted by Gasteiger charge is -2.36. The molecule has 2 atom stereocenters. The highest BCUT2D eigenvalue weighted by Gasteiger charge is 2.50. The molecule has 0 radical (unpaired) electrons. The molecule has 19 rings (SSSR count). The van der Waals surface area contributed by atoms with Crippen LogP contribution in [-0.2, 0) is 39.9 Å². The first-order valence-corrected chi connectivity index (χ1v) is 40.6. The molecule has 0 saturated carbocycles. The molecule has 115 heavy (non-hydrogen) atoms. The van der Waals surface area contributed by atoms with E-state index in [1.54, 1.807) is 0 Å². The molecule has 0 saturated heterocycles. The topological polar surface area (TPSA) is 6.48 Å². The lowest BCUT2D eigenvalue weighted by molar-refractivity contribution is 0.586. The number of nitrogens with zero attached hydrogens (tertiary/aromatic N) is 2. The van der Waals surface area contributed by atoms with Crippen molar-refractivity contribution in [3.63, 3.8) is 0 Å². The van der Waals surface area contributed by atoms with Crippen LogP contribution in [0.1, 0.15) is 131 Å². The maximum atomic E-state index is 4.15. The summed E-state index contributed by atoms with van der Waals surface area (Å²) in [7, 11) is 0. The smallest absolute Gasteiger partial charge is 0.0715 e. The molecule has 2 unspecified atom stereocenters. The Labute approximate surface area is 679 Å². The Balaban J connectivity index is 0.827. The monoisotopic (exact) mass is 1480 g/mol. The van der Waals surface area contributed by atoms with Gasteiger partial charge in [0.2, 0.25) is 0 Å². The molecule has 0 N–H and O–H groups in total. The Hall–Kier alpha value is -13.4. The van der Waals surface area contributed by atoms with Crippen LogP contribution in [-0.4, -0.2) is 0 Å². The molecule has 0 spiro atoms. The van der Waals surface area contributed by atoms with Crippen molar-refractivity contribution in [3.05, 3.63) is 490 Å². The zero-order chi connectivity index (χ0) is 78.2. The fourth-order valence-electron chi connectivity index (χ4n) is 19.4. The molecule has 554 valence electrons. The van der Waals surface area contributed by atoms with E-state index in [9.17, 15) is 0 Å². The summed E-state index contributed by atoms with van der Waals surface area (Å²) in [6, 6.07) is 148. The number of rotatable bonds is 18. The predicted octanol–water partition coefficient (Wildman–Crippen LogP) is 29.3. The lowest BCUT2D eigenvalue weighted by atomic mass is 9.67. The van der Waals surface area contributed by atoms with E-state index in [0.29, 0.717) is 0 Å². The van der Waals surface area contributed by atoms with Crippen LogP contribution in [0.4, 0.5) is 34.1 Å². The van der Waals surface area contributed by atoms with E-state index in [1.807, 2.05) is 12.2 Å². The third-order valence-corrected chi connectivity index (χ3v) is 25.2. The SMILES string of the molecule is C=Cc1ccc(CC2(c3ccc(C(C)(C)C)cc3)c3ccccc3-c3ccc(N(c4ccc(-c5ccccc5)cc4)c4ccc5c(c4)C(c4ccccc4)(c4ccccc4)c4cc(N(c6ccc(-c7ccccc7)cc6)c6ccc7c(c6)C(Cc6ccc(C=C)cc6)(c6ccc(C(C)(C)C)cc6)c6ccccc6-7)ccc4-5)cc32)cc1. The number of anilines is 6. The van der Waals surface area contributed by atoms with E-state index in [-0.39, 0.29) is 10.8 Å². The van der Waals surface area contributed by atoms with Crippen molar-refractivity contribution in [1.82, 2.24) is 0 Å². The van der Waals surface area contributed by atoms with Crippen LogP contribution in [0.5, 0.6) is 0 Å². The molecule has 0 aromatic heterocycles. The van der Waals surface area contributed by atoms with Crippen LogP contribution in [0.3, 0.4) is 0 Å². The van der Waals surface area contributed by atoms with Gasteiger partial charge in [-0.3, -0.25) is 0 Å². The zero-order valence-corrected chi connectivity index (χ0v) is 66.3. The molecule has 0 aliphatic heterocycles. The standard InChI is InChI=1S/C113H92N2/c1-9-77-39-43-79(44-40-77)75-111(87-55-51-85(52-56-87)109(3,4)5)103-37-25-23-35-97(103)99-67-63-93(71-105(99)111)114(91-59-47-83(48-60-91)81-27-15-11-16-28-81)95-65-69-101-102-70-66-96(74-108(102)113(107(101)73-95,89-31-19-13-20-32-89)90-33-21-14-22-34-90)115(92-61-49-84(50-62-92)82-29-17-12-18-30-82)94-64-68-100-98-36-24-26-38-104(98)112(106(100)72-94,76-80-45-41-78(10-2)42-46-80)88-57-53-86(54-58-88)110(6,7)8/h9-74H,1-2,75-76H2,3-8H3. The van der Waals surface area contributed by atoms with Gasteiger partial charge < -0.3 is 9.80 Å². The van der Waals surface area contributed by atoms with Crippen molar-refractivity contribution >= 4 is 46.3 Å². The lowest BCUT2D eigenvalue weighted by Crippen LogP contribution is -2.30. The second-order valence-electron chi connectivity index (χ2n) is 33.7. The molecule has 0 fully saturated rings. The zero-order valence-electron chi connectivity index (χ0n) is 66.3. The molecule has 3 aliphatic carbocycles. The first kappa shape index (κ1) is 71.9. The van der Waals surface area contributed by atoms with Gasteiger partial charge in [-0.05, 0) is 241 Å². The Morgan fingerprint density at radius 1 is 0.243 bits per heavy atom. The van der Waals surface area contributed by atoms with Crippen molar-refractivity contribution in [1.29, 1.82) is 0 Å². The molecule has 16 aromatic carbocycles. The van der Waals surface area contributed by atoms with Crippen LogP contribution in [0, 0.1) is 0 Å². The van der Waals surface area contributed by atoms with Crippen molar-refractivity contribution in [2.45, 2.75) is 81.5 Å². The van der Waals surface area contributed by atoms with Crippen molar-refractivity contribution in [2.75, 3.05) is 9.80 Å². The Bertz CT molecular complexity index is 5930. The van der Waals surface area contributed by atoms with Crippen LogP contribution in [0.15, 0.2) is 401 Å². The molecule has 0 bridgehead atoms. The van der Waals surface area contributed by atoms with E-state index < -0.39 is 16.2 Å². The number of benzene rings is 16. The van der Waals surface area contributed by atoms with Crippen molar-refractivity contribution in [3.8, 4) is 55.6 Å². The van der Waals surface area contributed by atoms with E-state index in [0.717, 1.165) is 69.2 Å². The summed E-state index contributed by atoms with van der Waals surface area (Å²) in [6.07, 6.45) is 5.39. The molecule has 16 aromatic rings. The van der Waals surface area contributed by atoms with Gasteiger partial charge in [-0.15, -0.1) is 0 Å². The third-order valence-electron chi connectivity index (χ3n) is 25.2. The van der Waals surface area contributed by atoms with E-state index in [1.165, 1.54) is 122 Å². The van der Waals surface area contributed by atoms with Crippen LogP contribution in [0.2, 0.25) is 0 Å². The summed E-state index contributed by atoms with van der Waals surface area (Å²) in [5, 5.41) is 0. The summed E-state index contributed by atoms with van der Waals surface area (Å²) in [5.41, 5.74) is 36.3. The van der Waals surface area contributed by atoms with Crippen LogP contribution in [0.25, 0.3) is 67.8 Å². The molecule has 2 nitrogen and oxygen atoms in total. The van der Waals surface area contributed by atoms with E-state index in [2.05, 4.69) is 453 Å².